The highest BCUT2D eigenvalue weighted by Crippen LogP contribution is 2.27. The first-order valence-corrected chi connectivity index (χ1v) is 8.88. The van der Waals surface area contributed by atoms with E-state index in [0.717, 1.165) is 25.7 Å². The zero-order valence-corrected chi connectivity index (χ0v) is 16.3. The van der Waals surface area contributed by atoms with Crippen LogP contribution in [0.25, 0.3) is 0 Å². The molecule has 1 fully saturated rings. The van der Waals surface area contributed by atoms with E-state index in [1.54, 1.807) is 34.7 Å². The summed E-state index contributed by atoms with van der Waals surface area (Å²) in [6, 6.07) is -0.731. The van der Waals surface area contributed by atoms with Gasteiger partial charge in [0.2, 0.25) is 5.91 Å². The van der Waals surface area contributed by atoms with Crippen LogP contribution in [0.4, 0.5) is 4.79 Å². The minimum Gasteiger partial charge on any atom is -0.469 e. The highest BCUT2D eigenvalue weighted by atomic mass is 16.6. The molecule has 7 nitrogen and oxygen atoms in total. The molecule has 0 aromatic carbocycles. The molecule has 0 radical (unpaired) electrons. The Hall–Kier alpha value is -1.79. The Morgan fingerprint density at radius 2 is 1.80 bits per heavy atom. The van der Waals surface area contributed by atoms with Gasteiger partial charge in [-0.25, -0.2) is 4.79 Å². The number of carbonyl (C=O) groups excluding carboxylic acids is 3. The highest BCUT2D eigenvalue weighted by Gasteiger charge is 2.32. The molecule has 2 amide bonds. The van der Waals surface area contributed by atoms with Gasteiger partial charge in [0.05, 0.1) is 13.5 Å². The smallest absolute Gasteiger partial charge is 0.410 e. The van der Waals surface area contributed by atoms with Gasteiger partial charge in [-0.15, -0.1) is 0 Å². The Balaban J connectivity index is 2.65. The number of nitrogens with zero attached hydrogens (tertiary/aromatic N) is 1. The lowest BCUT2D eigenvalue weighted by Crippen LogP contribution is -2.52. The van der Waals surface area contributed by atoms with E-state index in [4.69, 9.17) is 9.47 Å². The third-order valence-corrected chi connectivity index (χ3v) is 4.54. The third-order valence-electron chi connectivity index (χ3n) is 4.54. The zero-order chi connectivity index (χ0) is 19.2. The van der Waals surface area contributed by atoms with E-state index >= 15 is 0 Å². The van der Waals surface area contributed by atoms with Crippen molar-refractivity contribution in [1.29, 1.82) is 0 Å². The average molecular weight is 356 g/mol. The number of hydrogen-bond acceptors (Lipinski definition) is 5. The average Bonchev–Trinajstić information content (AvgIpc) is 2.53. The van der Waals surface area contributed by atoms with Crippen LogP contribution < -0.4 is 5.32 Å². The van der Waals surface area contributed by atoms with Gasteiger partial charge >= 0.3 is 12.1 Å². The number of nitrogens with one attached hydrogen (secondary N) is 1. The van der Waals surface area contributed by atoms with Crippen molar-refractivity contribution in [3.05, 3.63) is 0 Å². The summed E-state index contributed by atoms with van der Waals surface area (Å²) in [6.45, 7) is 7.01. The van der Waals surface area contributed by atoms with Crippen LogP contribution in [0.5, 0.6) is 0 Å². The molecular formula is C18H32N2O5. The largest absolute Gasteiger partial charge is 0.469 e. The normalized spacial score (nSPS) is 21.8. The number of esters is 1. The van der Waals surface area contributed by atoms with Crippen LogP contribution in [0.3, 0.4) is 0 Å². The number of hydrogen-bond donors (Lipinski definition) is 1. The van der Waals surface area contributed by atoms with Gasteiger partial charge in [0.25, 0.3) is 0 Å². The monoisotopic (exact) mass is 356 g/mol. The standard InChI is InChI=1S/C18H32N2O5/c1-12(20(5)17(23)25-18(2,3)4)16(22)19-14-10-8-7-9-13(14)11-15(21)24-6/h12-14H,7-11H2,1-6H3,(H,19,22). The molecule has 0 spiro atoms. The van der Waals surface area contributed by atoms with Crippen molar-refractivity contribution < 1.29 is 23.9 Å². The van der Waals surface area contributed by atoms with Crippen molar-refractivity contribution in [3.63, 3.8) is 0 Å². The summed E-state index contributed by atoms with van der Waals surface area (Å²) in [5.41, 5.74) is -0.615. The zero-order valence-electron chi connectivity index (χ0n) is 16.3. The Bertz CT molecular complexity index is 486. The van der Waals surface area contributed by atoms with Crippen LogP contribution in [0, 0.1) is 5.92 Å². The van der Waals surface area contributed by atoms with E-state index in [1.165, 1.54) is 12.0 Å². The van der Waals surface area contributed by atoms with E-state index < -0.39 is 17.7 Å². The Morgan fingerprint density at radius 1 is 1.20 bits per heavy atom. The Kier molecular flexibility index (Phi) is 7.70. The lowest BCUT2D eigenvalue weighted by Gasteiger charge is -2.34. The predicted octanol–water partition coefficient (Wildman–Crippen LogP) is 2.48. The molecular weight excluding hydrogens is 324 g/mol. The number of carbonyl (C=O) groups is 3. The minimum atomic E-state index is -0.657. The van der Waals surface area contributed by atoms with Crippen molar-refractivity contribution >= 4 is 18.0 Å². The lowest BCUT2D eigenvalue weighted by molar-refractivity contribution is -0.142. The molecule has 0 aromatic rings. The molecule has 0 bridgehead atoms. The third kappa shape index (κ3) is 6.92. The molecule has 0 saturated heterocycles. The molecule has 0 aromatic heterocycles. The summed E-state index contributed by atoms with van der Waals surface area (Å²) < 4.78 is 10.0. The Labute approximate surface area is 150 Å². The van der Waals surface area contributed by atoms with E-state index in [1.807, 2.05) is 0 Å². The summed E-state index contributed by atoms with van der Waals surface area (Å²) >= 11 is 0. The molecule has 1 N–H and O–H groups in total. The Morgan fingerprint density at radius 3 is 2.36 bits per heavy atom. The molecule has 0 heterocycles. The molecule has 0 aliphatic heterocycles. The van der Waals surface area contributed by atoms with Crippen molar-refractivity contribution in [1.82, 2.24) is 10.2 Å². The summed E-state index contributed by atoms with van der Waals surface area (Å²) in [6.07, 6.45) is 3.54. The maximum Gasteiger partial charge on any atom is 0.410 e. The summed E-state index contributed by atoms with van der Waals surface area (Å²) in [7, 11) is 2.92. The highest BCUT2D eigenvalue weighted by molar-refractivity contribution is 5.85. The number of likely N-dealkylation sites (N-methyl/N-ethyl adjacent to an activating group) is 1. The molecule has 25 heavy (non-hydrogen) atoms. The SMILES string of the molecule is COC(=O)CC1CCCCC1NC(=O)C(C)N(C)C(=O)OC(C)(C)C. The van der Waals surface area contributed by atoms with Crippen molar-refractivity contribution in [2.45, 2.75) is 77.5 Å². The molecule has 1 aliphatic carbocycles. The second-order valence-corrected chi connectivity index (χ2v) is 7.71. The molecule has 144 valence electrons. The second-order valence-electron chi connectivity index (χ2n) is 7.71. The van der Waals surface area contributed by atoms with Crippen LogP contribution in [-0.2, 0) is 19.1 Å². The van der Waals surface area contributed by atoms with Crippen LogP contribution >= 0.6 is 0 Å². The van der Waals surface area contributed by atoms with Crippen molar-refractivity contribution in [2.75, 3.05) is 14.2 Å². The van der Waals surface area contributed by atoms with E-state index in [0.29, 0.717) is 6.42 Å². The number of rotatable bonds is 5. The first-order chi connectivity index (χ1) is 11.5. The fraction of sp³-hybridized carbons (Fsp3) is 0.833. The molecule has 1 aliphatic rings. The van der Waals surface area contributed by atoms with Crippen LogP contribution in [0.1, 0.15) is 59.8 Å². The van der Waals surface area contributed by atoms with Gasteiger partial charge in [0.1, 0.15) is 11.6 Å². The maximum atomic E-state index is 12.5. The quantitative estimate of drug-likeness (QED) is 0.765. The van der Waals surface area contributed by atoms with E-state index in [9.17, 15) is 14.4 Å². The van der Waals surface area contributed by atoms with E-state index in [2.05, 4.69) is 5.32 Å². The van der Waals surface area contributed by atoms with Crippen LogP contribution in [0.2, 0.25) is 0 Å². The van der Waals surface area contributed by atoms with Crippen LogP contribution in [0.15, 0.2) is 0 Å². The van der Waals surface area contributed by atoms with Gasteiger partial charge in [-0.05, 0) is 46.5 Å². The lowest BCUT2D eigenvalue weighted by atomic mass is 9.82. The number of methoxy groups -OCH3 is 1. The summed E-state index contributed by atoms with van der Waals surface area (Å²) in [5, 5.41) is 3.00. The number of ether oxygens (including phenoxy) is 2. The van der Waals surface area contributed by atoms with Crippen molar-refractivity contribution in [3.8, 4) is 0 Å². The summed E-state index contributed by atoms with van der Waals surface area (Å²) in [4.78, 5) is 37.5. The molecule has 1 rings (SSSR count). The fourth-order valence-corrected chi connectivity index (χ4v) is 2.91. The second kappa shape index (κ2) is 9.06. The van der Waals surface area contributed by atoms with Gasteiger partial charge in [0, 0.05) is 13.1 Å². The first kappa shape index (κ1) is 21.3. The summed E-state index contributed by atoms with van der Waals surface area (Å²) in [5.74, 6) is -0.427. The van der Waals surface area contributed by atoms with Gasteiger partial charge in [0.15, 0.2) is 0 Å². The molecule has 1 saturated carbocycles. The topological polar surface area (TPSA) is 84.9 Å². The fourth-order valence-electron chi connectivity index (χ4n) is 2.91. The van der Waals surface area contributed by atoms with E-state index in [-0.39, 0.29) is 23.8 Å². The van der Waals surface area contributed by atoms with Gasteiger partial charge < -0.3 is 14.8 Å². The molecule has 3 unspecified atom stereocenters. The number of amides is 2. The predicted molar refractivity (Wildman–Crippen MR) is 94.0 cm³/mol. The van der Waals surface area contributed by atoms with Crippen LogP contribution in [-0.4, -0.2) is 54.7 Å². The van der Waals surface area contributed by atoms with Gasteiger partial charge in [-0.3, -0.25) is 14.5 Å². The van der Waals surface area contributed by atoms with Crippen molar-refractivity contribution in [2.24, 2.45) is 5.92 Å². The molecule has 7 heteroatoms. The minimum absolute atomic E-state index is 0.0733. The first-order valence-electron chi connectivity index (χ1n) is 8.88. The maximum absolute atomic E-state index is 12.5. The van der Waals surface area contributed by atoms with Gasteiger partial charge in [-0.1, -0.05) is 12.8 Å². The molecule has 3 atom stereocenters. The van der Waals surface area contributed by atoms with Gasteiger partial charge in [-0.2, -0.15) is 0 Å².